The van der Waals surface area contributed by atoms with Gasteiger partial charge in [-0.2, -0.15) is 31.1 Å². The minimum Gasteiger partial charge on any atom is -0.192 e. The number of nitriles is 1. The summed E-state index contributed by atoms with van der Waals surface area (Å²) in [7, 11) is 0. The third-order valence-corrected chi connectivity index (χ3v) is 2.08. The molecule has 17 heavy (non-hydrogen) atoms. The van der Waals surface area contributed by atoms with E-state index in [1.807, 2.05) is 0 Å². The summed E-state index contributed by atoms with van der Waals surface area (Å²) < 4.78 is 37.5. The largest absolute Gasteiger partial charge is 0.416 e. The van der Waals surface area contributed by atoms with Crippen molar-refractivity contribution in [1.29, 1.82) is 5.26 Å². The second-order valence-electron chi connectivity index (χ2n) is 3.18. The molecule has 0 atom stereocenters. The van der Waals surface area contributed by atoms with E-state index in [1.165, 1.54) is 6.07 Å². The number of rotatable bonds is 1. The van der Waals surface area contributed by atoms with Crippen molar-refractivity contribution in [1.82, 2.24) is 0 Å². The van der Waals surface area contributed by atoms with Gasteiger partial charge in [-0.3, -0.25) is 0 Å². The molecule has 88 valence electrons. The van der Waals surface area contributed by atoms with Crippen LogP contribution < -0.4 is 0 Å². The van der Waals surface area contributed by atoms with Crippen LogP contribution in [0, 0.1) is 23.2 Å². The van der Waals surface area contributed by atoms with E-state index in [-0.39, 0.29) is 11.1 Å². The maximum Gasteiger partial charge on any atom is 0.416 e. The van der Waals surface area contributed by atoms with Crippen molar-refractivity contribution in [3.8, 4) is 17.9 Å². The number of benzene rings is 1. The zero-order valence-electron chi connectivity index (χ0n) is 8.67. The van der Waals surface area contributed by atoms with Gasteiger partial charge in [0.15, 0.2) is 0 Å². The Balaban J connectivity index is 3.17. The molecule has 0 unspecified atom stereocenters. The van der Waals surface area contributed by atoms with Crippen molar-refractivity contribution in [3.63, 3.8) is 0 Å². The Hall–Kier alpha value is -1.59. The van der Waals surface area contributed by atoms with E-state index >= 15 is 0 Å². The summed E-state index contributed by atoms with van der Waals surface area (Å²) >= 11 is 3.94. The minimum atomic E-state index is -4.47. The fraction of sp³-hybridized carbons (Fsp3) is 0.250. The lowest BCUT2D eigenvalue weighted by molar-refractivity contribution is -0.137. The maximum atomic E-state index is 12.5. The van der Waals surface area contributed by atoms with Crippen LogP contribution in [0.1, 0.15) is 23.1 Å². The summed E-state index contributed by atoms with van der Waals surface area (Å²) in [5, 5.41) is 8.65. The lowest BCUT2D eigenvalue weighted by atomic mass is 10.1. The van der Waals surface area contributed by atoms with Crippen LogP contribution in [0.3, 0.4) is 0 Å². The van der Waals surface area contributed by atoms with Gasteiger partial charge < -0.3 is 0 Å². The fourth-order valence-electron chi connectivity index (χ4n) is 1.15. The minimum absolute atomic E-state index is 0.0463. The van der Waals surface area contributed by atoms with Crippen LogP contribution >= 0.6 is 12.6 Å². The average molecular weight is 255 g/mol. The van der Waals surface area contributed by atoms with Crippen LogP contribution in [-0.4, -0.2) is 5.75 Å². The van der Waals surface area contributed by atoms with E-state index in [1.54, 1.807) is 6.07 Å². The SMILES string of the molecule is N#Cc1cc(C#CCCS)cc(C(F)(F)F)c1. The third kappa shape index (κ3) is 4.05. The van der Waals surface area contributed by atoms with E-state index in [0.717, 1.165) is 12.1 Å². The number of thiol groups is 1. The Morgan fingerprint density at radius 1 is 1.18 bits per heavy atom. The summed E-state index contributed by atoms with van der Waals surface area (Å²) in [6.07, 6.45) is -3.98. The first-order valence-corrected chi connectivity index (χ1v) is 5.32. The molecule has 0 aromatic heterocycles. The van der Waals surface area contributed by atoms with Crippen LogP contribution in [0.25, 0.3) is 0 Å². The van der Waals surface area contributed by atoms with Gasteiger partial charge in [-0.25, -0.2) is 0 Å². The highest BCUT2D eigenvalue weighted by Gasteiger charge is 2.31. The first-order valence-electron chi connectivity index (χ1n) is 4.69. The molecule has 0 aliphatic rings. The quantitative estimate of drug-likeness (QED) is 0.604. The van der Waals surface area contributed by atoms with Crippen LogP contribution in [0.4, 0.5) is 13.2 Å². The van der Waals surface area contributed by atoms with Crippen molar-refractivity contribution >= 4 is 12.6 Å². The normalized spacial score (nSPS) is 10.3. The first-order chi connectivity index (χ1) is 7.97. The summed E-state index contributed by atoms with van der Waals surface area (Å²) in [5.41, 5.74) is -0.708. The molecule has 0 N–H and O–H groups in total. The zero-order valence-corrected chi connectivity index (χ0v) is 9.57. The van der Waals surface area contributed by atoms with Crippen molar-refractivity contribution in [3.05, 3.63) is 34.9 Å². The highest BCUT2D eigenvalue weighted by molar-refractivity contribution is 7.80. The zero-order chi connectivity index (χ0) is 12.9. The molecule has 1 nitrogen and oxygen atoms in total. The lowest BCUT2D eigenvalue weighted by Crippen LogP contribution is -2.05. The summed E-state index contributed by atoms with van der Waals surface area (Å²) in [6, 6.07) is 4.77. The molecule has 0 aliphatic carbocycles. The molecule has 5 heteroatoms. The van der Waals surface area contributed by atoms with E-state index in [0.29, 0.717) is 12.2 Å². The highest BCUT2D eigenvalue weighted by Crippen LogP contribution is 2.30. The van der Waals surface area contributed by atoms with Gasteiger partial charge in [-0.1, -0.05) is 11.8 Å². The first kappa shape index (κ1) is 13.5. The Labute approximate surface area is 103 Å². The number of hydrogen-bond acceptors (Lipinski definition) is 2. The third-order valence-electron chi connectivity index (χ3n) is 1.86. The van der Waals surface area contributed by atoms with E-state index < -0.39 is 11.7 Å². The molecule has 0 saturated carbocycles. The second-order valence-corrected chi connectivity index (χ2v) is 3.63. The van der Waals surface area contributed by atoms with Crippen LogP contribution in [-0.2, 0) is 6.18 Å². The van der Waals surface area contributed by atoms with Gasteiger partial charge in [0.2, 0.25) is 0 Å². The molecule has 0 fully saturated rings. The monoisotopic (exact) mass is 255 g/mol. The molecule has 0 saturated heterocycles. The molecular formula is C12H8F3NS. The predicted molar refractivity (Wildman–Crippen MR) is 61.5 cm³/mol. The molecule has 1 rings (SSSR count). The second kappa shape index (κ2) is 5.65. The summed E-state index contributed by atoms with van der Waals surface area (Å²) in [4.78, 5) is 0. The van der Waals surface area contributed by atoms with Gasteiger partial charge in [0.25, 0.3) is 0 Å². The van der Waals surface area contributed by atoms with Crippen molar-refractivity contribution in [2.45, 2.75) is 12.6 Å². The predicted octanol–water partition coefficient (Wildman–Crippen LogP) is 3.25. The topological polar surface area (TPSA) is 23.8 Å². The Bertz CT molecular complexity index is 503. The highest BCUT2D eigenvalue weighted by atomic mass is 32.1. The Morgan fingerprint density at radius 2 is 1.82 bits per heavy atom. The molecule has 0 bridgehead atoms. The van der Waals surface area contributed by atoms with Crippen LogP contribution in [0.15, 0.2) is 18.2 Å². The number of hydrogen-bond donors (Lipinski definition) is 1. The van der Waals surface area contributed by atoms with Crippen molar-refractivity contribution in [2.24, 2.45) is 0 Å². The Morgan fingerprint density at radius 3 is 2.35 bits per heavy atom. The molecule has 0 radical (unpaired) electrons. The molecule has 0 aliphatic heterocycles. The smallest absolute Gasteiger partial charge is 0.192 e. The average Bonchev–Trinajstić information content (AvgIpc) is 2.28. The molecular weight excluding hydrogens is 247 g/mol. The van der Waals surface area contributed by atoms with Crippen molar-refractivity contribution in [2.75, 3.05) is 5.75 Å². The van der Waals surface area contributed by atoms with E-state index in [9.17, 15) is 13.2 Å². The molecule has 1 aromatic carbocycles. The van der Waals surface area contributed by atoms with Gasteiger partial charge in [-0.15, -0.1) is 0 Å². The molecule has 0 amide bonds. The summed E-state index contributed by atoms with van der Waals surface area (Å²) in [6.45, 7) is 0. The number of nitrogens with zero attached hydrogens (tertiary/aromatic N) is 1. The summed E-state index contributed by atoms with van der Waals surface area (Å²) in [5.74, 6) is 5.80. The van der Waals surface area contributed by atoms with Gasteiger partial charge in [0.1, 0.15) is 0 Å². The van der Waals surface area contributed by atoms with E-state index in [4.69, 9.17) is 5.26 Å². The van der Waals surface area contributed by atoms with Gasteiger partial charge in [0.05, 0.1) is 17.2 Å². The standard InChI is InChI=1S/C12H8F3NS/c13-12(14,15)11-6-9(3-1-2-4-17)5-10(7-11)8-16/h5-7,17H,2,4H2. The van der Waals surface area contributed by atoms with Crippen molar-refractivity contribution < 1.29 is 13.2 Å². The fourth-order valence-corrected chi connectivity index (χ4v) is 1.26. The van der Waals surface area contributed by atoms with Crippen LogP contribution in [0.5, 0.6) is 0 Å². The molecule has 0 spiro atoms. The number of alkyl halides is 3. The lowest BCUT2D eigenvalue weighted by Gasteiger charge is -2.07. The molecule has 0 heterocycles. The van der Waals surface area contributed by atoms with E-state index in [2.05, 4.69) is 24.5 Å². The van der Waals surface area contributed by atoms with Crippen LogP contribution in [0.2, 0.25) is 0 Å². The maximum absolute atomic E-state index is 12.5. The van der Waals surface area contributed by atoms with Gasteiger partial charge >= 0.3 is 6.18 Å². The molecule has 1 aromatic rings. The number of halogens is 3. The van der Waals surface area contributed by atoms with Gasteiger partial charge in [0, 0.05) is 17.7 Å². The van der Waals surface area contributed by atoms with Gasteiger partial charge in [-0.05, 0) is 18.2 Å². The Kier molecular flexibility index (Phi) is 4.48.